The molecule has 1 fully saturated rings. The van der Waals surface area contributed by atoms with E-state index in [1.807, 2.05) is 4.98 Å². The fourth-order valence-electron chi connectivity index (χ4n) is 3.36. The van der Waals surface area contributed by atoms with Gasteiger partial charge >= 0.3 is 6.18 Å². The second-order valence-corrected chi connectivity index (χ2v) is 6.63. The average Bonchev–Trinajstić information content (AvgIpc) is 3.36. The SMILES string of the molecule is O=c1[nH]c(O)nc2c1c(CF)nn2[C@H](c1ccc(C(F)(F)F)c(F)c1)C1CC1. The van der Waals surface area contributed by atoms with Crippen molar-refractivity contribution in [3.63, 3.8) is 0 Å². The third-order valence-corrected chi connectivity index (χ3v) is 4.72. The Kier molecular flexibility index (Phi) is 4.12. The Labute approximate surface area is 153 Å². The molecule has 0 spiro atoms. The molecule has 0 aliphatic heterocycles. The molecule has 1 aliphatic rings. The van der Waals surface area contributed by atoms with E-state index in [9.17, 15) is 31.9 Å². The first-order chi connectivity index (χ1) is 13.2. The van der Waals surface area contributed by atoms with Crippen LogP contribution in [0.15, 0.2) is 23.0 Å². The number of H-pyrrole nitrogens is 1. The molecule has 4 rings (SSSR count). The number of nitrogens with zero attached hydrogens (tertiary/aromatic N) is 3. The predicted octanol–water partition coefficient (Wildman–Crippen LogP) is 3.45. The van der Waals surface area contributed by atoms with Crippen molar-refractivity contribution in [3.8, 4) is 6.01 Å². The summed E-state index contributed by atoms with van der Waals surface area (Å²) in [6.07, 6.45) is -3.46. The second-order valence-electron chi connectivity index (χ2n) is 6.63. The van der Waals surface area contributed by atoms with Crippen molar-refractivity contribution < 1.29 is 27.1 Å². The van der Waals surface area contributed by atoms with Gasteiger partial charge in [0.1, 0.15) is 23.6 Å². The lowest BCUT2D eigenvalue weighted by molar-refractivity contribution is -0.140. The number of halogens is 5. The van der Waals surface area contributed by atoms with Crippen molar-refractivity contribution in [2.24, 2.45) is 5.92 Å². The first-order valence-electron chi connectivity index (χ1n) is 8.33. The van der Waals surface area contributed by atoms with Crippen LogP contribution < -0.4 is 5.56 Å². The molecule has 1 aliphatic carbocycles. The van der Waals surface area contributed by atoms with E-state index in [1.54, 1.807) is 0 Å². The summed E-state index contributed by atoms with van der Waals surface area (Å²) in [6, 6.07) is 1.07. The number of fused-ring (bicyclic) bond motifs is 1. The highest BCUT2D eigenvalue weighted by atomic mass is 19.4. The summed E-state index contributed by atoms with van der Waals surface area (Å²) in [5, 5.41) is 13.5. The van der Waals surface area contributed by atoms with Crippen LogP contribution >= 0.6 is 0 Å². The van der Waals surface area contributed by atoms with Gasteiger partial charge in [0.05, 0.1) is 11.6 Å². The summed E-state index contributed by atoms with van der Waals surface area (Å²) >= 11 is 0. The van der Waals surface area contributed by atoms with Crippen molar-refractivity contribution in [2.75, 3.05) is 0 Å². The number of hydrogen-bond acceptors (Lipinski definition) is 4. The molecule has 0 radical (unpaired) electrons. The smallest absolute Gasteiger partial charge is 0.419 e. The van der Waals surface area contributed by atoms with Crippen LogP contribution in [-0.4, -0.2) is 24.9 Å². The molecular weight excluding hydrogens is 387 g/mol. The van der Waals surface area contributed by atoms with Crippen LogP contribution in [0.5, 0.6) is 6.01 Å². The number of aromatic nitrogens is 4. The van der Waals surface area contributed by atoms with Gasteiger partial charge in [-0.25, -0.2) is 13.5 Å². The Balaban J connectivity index is 1.91. The van der Waals surface area contributed by atoms with Gasteiger partial charge in [-0.3, -0.25) is 9.78 Å². The minimum atomic E-state index is -4.84. The van der Waals surface area contributed by atoms with Crippen molar-refractivity contribution in [3.05, 3.63) is 51.2 Å². The zero-order valence-corrected chi connectivity index (χ0v) is 14.1. The van der Waals surface area contributed by atoms with Gasteiger partial charge in [0, 0.05) is 0 Å². The number of aromatic amines is 1. The molecule has 6 nitrogen and oxygen atoms in total. The largest absolute Gasteiger partial charge is 0.480 e. The number of nitrogens with one attached hydrogen (secondary N) is 1. The van der Waals surface area contributed by atoms with Crippen molar-refractivity contribution in [1.82, 2.24) is 19.7 Å². The fourth-order valence-corrected chi connectivity index (χ4v) is 3.36. The predicted molar refractivity (Wildman–Crippen MR) is 86.9 cm³/mol. The summed E-state index contributed by atoms with van der Waals surface area (Å²) in [7, 11) is 0. The van der Waals surface area contributed by atoms with Crippen molar-refractivity contribution >= 4 is 11.0 Å². The van der Waals surface area contributed by atoms with E-state index in [1.165, 1.54) is 4.68 Å². The highest BCUT2D eigenvalue weighted by Gasteiger charge is 2.39. The Bertz CT molecular complexity index is 1120. The maximum Gasteiger partial charge on any atom is 0.419 e. The lowest BCUT2D eigenvalue weighted by atomic mass is 10.0. The fraction of sp³-hybridized carbons (Fsp3) is 0.353. The van der Waals surface area contributed by atoms with Crippen LogP contribution in [0.2, 0.25) is 0 Å². The zero-order chi connectivity index (χ0) is 20.2. The zero-order valence-electron chi connectivity index (χ0n) is 14.1. The summed E-state index contributed by atoms with van der Waals surface area (Å²) in [5.74, 6) is -1.54. The van der Waals surface area contributed by atoms with E-state index in [0.29, 0.717) is 18.9 Å². The van der Waals surface area contributed by atoms with Crippen LogP contribution in [0.3, 0.4) is 0 Å². The molecule has 2 aromatic heterocycles. The van der Waals surface area contributed by atoms with E-state index in [0.717, 1.165) is 12.1 Å². The maximum atomic E-state index is 14.1. The monoisotopic (exact) mass is 400 g/mol. The topological polar surface area (TPSA) is 83.8 Å². The minimum absolute atomic E-state index is 0.102. The minimum Gasteiger partial charge on any atom is -0.480 e. The maximum absolute atomic E-state index is 14.1. The summed E-state index contributed by atoms with van der Waals surface area (Å²) in [5.41, 5.74) is -2.35. The number of alkyl halides is 4. The van der Waals surface area contributed by atoms with E-state index in [4.69, 9.17) is 0 Å². The summed E-state index contributed by atoms with van der Waals surface area (Å²) < 4.78 is 67.2. The Morgan fingerprint density at radius 3 is 2.61 bits per heavy atom. The molecule has 3 aromatic rings. The van der Waals surface area contributed by atoms with Crippen molar-refractivity contribution in [1.29, 1.82) is 0 Å². The third-order valence-electron chi connectivity index (χ3n) is 4.72. The van der Waals surface area contributed by atoms with Crippen LogP contribution in [0, 0.1) is 11.7 Å². The molecule has 11 heteroatoms. The standard InChI is InChI=1S/C17H13F5N4O2/c18-6-11-12-14(23-16(28)24-15(12)27)26(25-11)13(7-1-2-7)8-3-4-9(10(19)5-8)17(20,21)22/h3-5,7,13H,1-2,6H2,(H2,23,24,27,28)/t13-/m0/s1. The Hall–Kier alpha value is -2.98. The molecule has 1 aromatic carbocycles. The van der Waals surface area contributed by atoms with Crippen molar-refractivity contribution in [2.45, 2.75) is 31.7 Å². The lowest BCUT2D eigenvalue weighted by Gasteiger charge is -2.19. The van der Waals surface area contributed by atoms with Crippen LogP contribution in [-0.2, 0) is 12.9 Å². The summed E-state index contributed by atoms with van der Waals surface area (Å²) in [4.78, 5) is 17.9. The lowest BCUT2D eigenvalue weighted by Crippen LogP contribution is -2.17. The van der Waals surface area contributed by atoms with Gasteiger partial charge in [0.15, 0.2) is 5.65 Å². The van der Waals surface area contributed by atoms with Gasteiger partial charge in [-0.2, -0.15) is 23.3 Å². The van der Waals surface area contributed by atoms with Gasteiger partial charge in [-0.15, -0.1) is 0 Å². The second kappa shape index (κ2) is 6.28. The highest BCUT2D eigenvalue weighted by Crippen LogP contribution is 2.45. The van der Waals surface area contributed by atoms with E-state index in [2.05, 4.69) is 10.1 Å². The quantitative estimate of drug-likeness (QED) is 0.657. The van der Waals surface area contributed by atoms with Gasteiger partial charge in [-0.1, -0.05) is 6.07 Å². The molecule has 2 heterocycles. The van der Waals surface area contributed by atoms with E-state index in [-0.39, 0.29) is 28.2 Å². The van der Waals surface area contributed by atoms with Crippen LogP contribution in [0.1, 0.15) is 35.7 Å². The number of benzene rings is 1. The molecule has 0 unspecified atom stereocenters. The highest BCUT2D eigenvalue weighted by molar-refractivity contribution is 5.77. The molecule has 0 bridgehead atoms. The number of aromatic hydroxyl groups is 1. The van der Waals surface area contributed by atoms with Gasteiger partial charge in [0.25, 0.3) is 11.6 Å². The third kappa shape index (κ3) is 3.00. The first-order valence-corrected chi connectivity index (χ1v) is 8.33. The van der Waals surface area contributed by atoms with Crippen LogP contribution in [0.4, 0.5) is 22.0 Å². The normalized spacial score (nSPS) is 15.9. The summed E-state index contributed by atoms with van der Waals surface area (Å²) in [6.45, 7) is -1.09. The Morgan fingerprint density at radius 1 is 1.32 bits per heavy atom. The molecule has 1 atom stereocenters. The number of hydrogen-bond donors (Lipinski definition) is 2. The molecule has 0 amide bonds. The molecule has 0 saturated heterocycles. The number of rotatable bonds is 4. The first kappa shape index (κ1) is 18.4. The molecule has 148 valence electrons. The van der Waals surface area contributed by atoms with Gasteiger partial charge in [0.2, 0.25) is 0 Å². The van der Waals surface area contributed by atoms with Crippen LogP contribution in [0.25, 0.3) is 11.0 Å². The molecule has 2 N–H and O–H groups in total. The van der Waals surface area contributed by atoms with E-state index < -0.39 is 41.8 Å². The van der Waals surface area contributed by atoms with E-state index >= 15 is 0 Å². The molecule has 1 saturated carbocycles. The van der Waals surface area contributed by atoms with Gasteiger partial charge in [-0.05, 0) is 36.5 Å². The molecule has 28 heavy (non-hydrogen) atoms. The molecular formula is C17H13F5N4O2. The van der Waals surface area contributed by atoms with Gasteiger partial charge < -0.3 is 5.11 Å². The Morgan fingerprint density at radius 2 is 2.04 bits per heavy atom. The average molecular weight is 400 g/mol.